The third-order valence-electron chi connectivity index (χ3n) is 2.52. The van der Waals surface area contributed by atoms with E-state index >= 15 is 0 Å². The number of nitrogens with zero attached hydrogens (tertiary/aromatic N) is 2. The number of amides is 2. The van der Waals surface area contributed by atoms with Gasteiger partial charge in [-0.05, 0) is 0 Å². The number of carbonyl (C=O) groups is 3. The molecule has 0 spiro atoms. The summed E-state index contributed by atoms with van der Waals surface area (Å²) in [7, 11) is 0. The van der Waals surface area contributed by atoms with Gasteiger partial charge in [0.25, 0.3) is 0 Å². The Labute approximate surface area is 122 Å². The van der Waals surface area contributed by atoms with Crippen LogP contribution in [0.15, 0.2) is 12.3 Å². The Hall–Kier alpha value is -2.38. The molecule has 0 atom stereocenters. The lowest BCUT2D eigenvalue weighted by atomic mass is 9.96. The minimum Gasteiger partial charge on any atom is -0.480 e. The van der Waals surface area contributed by atoms with Crippen LogP contribution in [-0.4, -0.2) is 39.2 Å². The monoisotopic (exact) mass is 296 g/mol. The Balaban J connectivity index is 2.35. The quantitative estimate of drug-likeness (QED) is 0.705. The maximum absolute atomic E-state index is 11.6. The average Bonchev–Trinajstić information content (AvgIpc) is 2.73. The van der Waals surface area contributed by atoms with E-state index < -0.39 is 11.4 Å². The molecular weight excluding hydrogens is 276 g/mol. The fraction of sp³-hybridized carbons (Fsp3) is 0.538. The molecule has 3 N–H and O–H groups in total. The van der Waals surface area contributed by atoms with Crippen molar-refractivity contribution in [1.82, 2.24) is 15.1 Å². The van der Waals surface area contributed by atoms with Crippen LogP contribution in [0.2, 0.25) is 0 Å². The summed E-state index contributed by atoms with van der Waals surface area (Å²) in [4.78, 5) is 33.7. The van der Waals surface area contributed by atoms with Crippen LogP contribution in [-0.2, 0) is 20.9 Å². The van der Waals surface area contributed by atoms with Crippen LogP contribution in [0, 0.1) is 5.41 Å². The number of nitrogens with one attached hydrogen (secondary N) is 2. The minimum absolute atomic E-state index is 0.119. The van der Waals surface area contributed by atoms with Gasteiger partial charge in [-0.25, -0.2) is 0 Å². The van der Waals surface area contributed by atoms with Crippen molar-refractivity contribution in [2.75, 3.05) is 11.9 Å². The van der Waals surface area contributed by atoms with Crippen LogP contribution in [0.3, 0.4) is 0 Å². The summed E-state index contributed by atoms with van der Waals surface area (Å²) in [6, 6.07) is 1.51. The van der Waals surface area contributed by atoms with Crippen LogP contribution in [0.1, 0.15) is 27.2 Å². The SMILES string of the molecule is CC(C)(C)C(=O)NCCC(=O)Nc1ccn(CC(=O)O)n1. The molecule has 1 heterocycles. The number of aliphatic carboxylic acids is 1. The Morgan fingerprint density at radius 1 is 1.33 bits per heavy atom. The molecule has 0 aliphatic carbocycles. The Kier molecular flexibility index (Phi) is 5.45. The van der Waals surface area contributed by atoms with Gasteiger partial charge in [0, 0.05) is 30.6 Å². The molecule has 0 radical (unpaired) electrons. The fourth-order valence-corrected chi connectivity index (χ4v) is 1.42. The van der Waals surface area contributed by atoms with Crippen molar-refractivity contribution in [2.45, 2.75) is 33.7 Å². The highest BCUT2D eigenvalue weighted by Gasteiger charge is 2.20. The lowest BCUT2D eigenvalue weighted by Gasteiger charge is -2.17. The first-order valence-electron chi connectivity index (χ1n) is 6.52. The zero-order valence-electron chi connectivity index (χ0n) is 12.3. The molecule has 2 amide bonds. The highest BCUT2D eigenvalue weighted by molar-refractivity contribution is 5.90. The van der Waals surface area contributed by atoms with Crippen molar-refractivity contribution in [3.63, 3.8) is 0 Å². The number of aromatic nitrogens is 2. The van der Waals surface area contributed by atoms with Crippen molar-refractivity contribution in [3.8, 4) is 0 Å². The first kappa shape index (κ1) is 16.7. The zero-order chi connectivity index (χ0) is 16.0. The molecule has 0 bridgehead atoms. The summed E-state index contributed by atoms with van der Waals surface area (Å²) >= 11 is 0. The van der Waals surface area contributed by atoms with Gasteiger partial charge in [0.15, 0.2) is 5.82 Å². The minimum atomic E-state index is -1.01. The topological polar surface area (TPSA) is 113 Å². The Morgan fingerprint density at radius 2 is 2.00 bits per heavy atom. The zero-order valence-corrected chi connectivity index (χ0v) is 12.3. The predicted octanol–water partition coefficient (Wildman–Crippen LogP) is 0.459. The van der Waals surface area contributed by atoms with E-state index in [1.54, 1.807) is 20.8 Å². The number of anilines is 1. The summed E-state index contributed by atoms with van der Waals surface area (Å²) in [6.45, 7) is 5.34. The molecule has 0 aliphatic heterocycles. The highest BCUT2D eigenvalue weighted by Crippen LogP contribution is 2.12. The lowest BCUT2D eigenvalue weighted by molar-refractivity contribution is -0.138. The van der Waals surface area contributed by atoms with Crippen molar-refractivity contribution in [3.05, 3.63) is 12.3 Å². The van der Waals surface area contributed by atoms with E-state index in [1.807, 2.05) is 0 Å². The molecule has 1 aromatic rings. The number of hydrogen-bond donors (Lipinski definition) is 3. The second-order valence-corrected chi connectivity index (χ2v) is 5.60. The molecule has 116 valence electrons. The summed E-state index contributed by atoms with van der Waals surface area (Å²) in [5.74, 6) is -1.16. The van der Waals surface area contributed by atoms with Crippen LogP contribution >= 0.6 is 0 Å². The largest absolute Gasteiger partial charge is 0.480 e. The normalized spacial score (nSPS) is 11.0. The molecule has 0 saturated carbocycles. The smallest absolute Gasteiger partial charge is 0.325 e. The van der Waals surface area contributed by atoms with Crippen LogP contribution < -0.4 is 10.6 Å². The molecule has 21 heavy (non-hydrogen) atoms. The first-order valence-corrected chi connectivity index (χ1v) is 6.52. The van der Waals surface area contributed by atoms with Gasteiger partial charge in [0.05, 0.1) is 0 Å². The highest BCUT2D eigenvalue weighted by atomic mass is 16.4. The predicted molar refractivity (Wildman–Crippen MR) is 75.6 cm³/mol. The van der Waals surface area contributed by atoms with E-state index in [4.69, 9.17) is 5.11 Å². The van der Waals surface area contributed by atoms with Gasteiger partial charge in [0.1, 0.15) is 6.54 Å². The molecule has 0 aliphatic rings. The number of carboxylic acids is 1. The van der Waals surface area contributed by atoms with Gasteiger partial charge < -0.3 is 15.7 Å². The van der Waals surface area contributed by atoms with E-state index in [0.29, 0.717) is 0 Å². The van der Waals surface area contributed by atoms with E-state index in [9.17, 15) is 14.4 Å². The molecule has 0 fully saturated rings. The third kappa shape index (κ3) is 6.07. The number of carbonyl (C=O) groups excluding carboxylic acids is 2. The summed E-state index contributed by atoms with van der Waals surface area (Å²) in [5, 5.41) is 17.7. The average molecular weight is 296 g/mol. The van der Waals surface area contributed by atoms with E-state index in [-0.39, 0.29) is 37.1 Å². The van der Waals surface area contributed by atoms with Crippen LogP contribution in [0.5, 0.6) is 0 Å². The molecule has 1 rings (SSSR count). The fourth-order valence-electron chi connectivity index (χ4n) is 1.42. The Bertz CT molecular complexity index is 531. The van der Waals surface area contributed by atoms with Gasteiger partial charge >= 0.3 is 5.97 Å². The number of hydrogen-bond acceptors (Lipinski definition) is 4. The maximum Gasteiger partial charge on any atom is 0.325 e. The van der Waals surface area contributed by atoms with Crippen LogP contribution in [0.4, 0.5) is 5.82 Å². The van der Waals surface area contributed by atoms with Crippen molar-refractivity contribution >= 4 is 23.6 Å². The molecule has 1 aromatic heterocycles. The summed E-state index contributed by atoms with van der Waals surface area (Å²) in [6.07, 6.45) is 1.58. The molecular formula is C13H20N4O4. The maximum atomic E-state index is 11.6. The second kappa shape index (κ2) is 6.87. The van der Waals surface area contributed by atoms with Gasteiger partial charge in [-0.2, -0.15) is 5.10 Å². The number of carboxylic acid groups (broad SMARTS) is 1. The van der Waals surface area contributed by atoms with Gasteiger partial charge in [-0.3, -0.25) is 19.1 Å². The van der Waals surface area contributed by atoms with Crippen molar-refractivity contribution < 1.29 is 19.5 Å². The van der Waals surface area contributed by atoms with Gasteiger partial charge in [0.2, 0.25) is 11.8 Å². The molecule has 0 aromatic carbocycles. The van der Waals surface area contributed by atoms with Gasteiger partial charge in [-0.1, -0.05) is 20.8 Å². The van der Waals surface area contributed by atoms with E-state index in [1.165, 1.54) is 16.9 Å². The van der Waals surface area contributed by atoms with Crippen molar-refractivity contribution in [2.24, 2.45) is 5.41 Å². The first-order chi connectivity index (χ1) is 9.68. The molecule has 8 nitrogen and oxygen atoms in total. The molecule has 0 unspecified atom stereocenters. The Morgan fingerprint density at radius 3 is 2.57 bits per heavy atom. The lowest BCUT2D eigenvalue weighted by Crippen LogP contribution is -2.36. The summed E-state index contributed by atoms with van der Waals surface area (Å²) < 4.78 is 1.21. The van der Waals surface area contributed by atoms with Crippen molar-refractivity contribution in [1.29, 1.82) is 0 Å². The summed E-state index contributed by atoms with van der Waals surface area (Å²) in [5.41, 5.74) is -0.494. The molecule has 8 heteroatoms. The standard InChI is InChI=1S/C13H20N4O4/c1-13(2,3)12(21)14-6-4-10(18)15-9-5-7-17(16-9)8-11(19)20/h5,7H,4,6,8H2,1-3H3,(H,14,21)(H,19,20)(H,15,16,18). The second-order valence-electron chi connectivity index (χ2n) is 5.60. The number of rotatable bonds is 6. The third-order valence-corrected chi connectivity index (χ3v) is 2.52. The van der Waals surface area contributed by atoms with E-state index in [0.717, 1.165) is 0 Å². The van der Waals surface area contributed by atoms with Crippen LogP contribution in [0.25, 0.3) is 0 Å². The van der Waals surface area contributed by atoms with Gasteiger partial charge in [-0.15, -0.1) is 0 Å². The van der Waals surface area contributed by atoms with E-state index in [2.05, 4.69) is 15.7 Å². The molecule has 0 saturated heterocycles.